The average molecular weight is 502 g/mol. The van der Waals surface area contributed by atoms with Crippen LogP contribution in [0.1, 0.15) is 56.2 Å². The second-order valence-corrected chi connectivity index (χ2v) is 8.16. The highest BCUT2D eigenvalue weighted by Gasteiger charge is 2.22. The summed E-state index contributed by atoms with van der Waals surface area (Å²) in [7, 11) is 0. The highest BCUT2D eigenvalue weighted by molar-refractivity contribution is 14.0. The van der Waals surface area contributed by atoms with Gasteiger partial charge in [0.25, 0.3) is 0 Å². The number of guanidine groups is 1. The maximum atomic E-state index is 5.42. The molecule has 1 saturated carbocycles. The third-order valence-corrected chi connectivity index (χ3v) is 6.08. The minimum Gasteiger partial charge on any atom is -0.469 e. The third kappa shape index (κ3) is 7.10. The van der Waals surface area contributed by atoms with E-state index in [9.17, 15) is 0 Å². The van der Waals surface area contributed by atoms with Crippen LogP contribution in [0.2, 0.25) is 0 Å². The minimum atomic E-state index is 0. The Morgan fingerprint density at radius 2 is 2.26 bits per heavy atom. The lowest BCUT2D eigenvalue weighted by Crippen LogP contribution is -2.47. The number of thiazole rings is 1. The molecule has 3 atom stereocenters. The number of halogens is 1. The van der Waals surface area contributed by atoms with Crippen LogP contribution in [0.25, 0.3) is 0 Å². The molecule has 2 aromatic heterocycles. The molecule has 0 bridgehead atoms. The van der Waals surface area contributed by atoms with E-state index >= 15 is 0 Å². The molecular weight excluding hydrogens is 471 g/mol. The molecule has 0 saturated heterocycles. The van der Waals surface area contributed by atoms with E-state index in [2.05, 4.69) is 29.5 Å². The summed E-state index contributed by atoms with van der Waals surface area (Å²) in [5.41, 5.74) is 0. The lowest BCUT2D eigenvalue weighted by Gasteiger charge is -2.31. The SMILES string of the molecule is CC(CN=C(NCCc1ccco1)NC1CCCCC1C)c1nccs1.I. The number of aromatic nitrogens is 1. The molecule has 150 valence electrons. The van der Waals surface area contributed by atoms with Gasteiger partial charge in [0.1, 0.15) is 5.76 Å². The first-order valence-corrected chi connectivity index (χ1v) is 10.6. The Kier molecular flexibility index (Phi) is 9.61. The molecule has 3 unspecified atom stereocenters. The molecule has 2 N–H and O–H groups in total. The molecule has 0 amide bonds. The molecule has 2 aromatic rings. The lowest BCUT2D eigenvalue weighted by molar-refractivity contribution is 0.306. The maximum Gasteiger partial charge on any atom is 0.191 e. The van der Waals surface area contributed by atoms with Crippen LogP contribution < -0.4 is 10.6 Å². The largest absolute Gasteiger partial charge is 0.469 e. The molecule has 27 heavy (non-hydrogen) atoms. The van der Waals surface area contributed by atoms with E-state index < -0.39 is 0 Å². The van der Waals surface area contributed by atoms with Crippen LogP contribution in [0.15, 0.2) is 39.4 Å². The van der Waals surface area contributed by atoms with Crippen molar-refractivity contribution in [1.29, 1.82) is 0 Å². The summed E-state index contributed by atoms with van der Waals surface area (Å²) in [6, 6.07) is 4.45. The van der Waals surface area contributed by atoms with Crippen LogP contribution in [-0.4, -0.2) is 30.1 Å². The lowest BCUT2D eigenvalue weighted by atomic mass is 9.86. The van der Waals surface area contributed by atoms with Crippen molar-refractivity contribution in [2.24, 2.45) is 10.9 Å². The van der Waals surface area contributed by atoms with Crippen molar-refractivity contribution in [1.82, 2.24) is 15.6 Å². The van der Waals surface area contributed by atoms with Gasteiger partial charge >= 0.3 is 0 Å². The van der Waals surface area contributed by atoms with Gasteiger partial charge in [0.05, 0.1) is 17.8 Å². The molecule has 0 spiro atoms. The van der Waals surface area contributed by atoms with Gasteiger partial charge in [0.2, 0.25) is 0 Å². The second kappa shape index (κ2) is 11.7. The van der Waals surface area contributed by atoms with E-state index in [0.717, 1.165) is 36.2 Å². The normalized spacial score (nSPS) is 21.3. The Morgan fingerprint density at radius 3 is 2.96 bits per heavy atom. The average Bonchev–Trinajstić information content (AvgIpc) is 3.35. The van der Waals surface area contributed by atoms with Crippen molar-refractivity contribution in [2.45, 2.75) is 57.9 Å². The van der Waals surface area contributed by atoms with E-state index in [-0.39, 0.29) is 24.0 Å². The smallest absolute Gasteiger partial charge is 0.191 e. The molecule has 1 aliphatic carbocycles. The van der Waals surface area contributed by atoms with Gasteiger partial charge in [-0.15, -0.1) is 35.3 Å². The van der Waals surface area contributed by atoms with Crippen LogP contribution in [0, 0.1) is 5.92 Å². The van der Waals surface area contributed by atoms with Crippen LogP contribution in [-0.2, 0) is 6.42 Å². The van der Waals surface area contributed by atoms with Crippen molar-refractivity contribution in [3.05, 3.63) is 40.7 Å². The van der Waals surface area contributed by atoms with Gasteiger partial charge in [-0.1, -0.05) is 26.7 Å². The summed E-state index contributed by atoms with van der Waals surface area (Å²) in [4.78, 5) is 9.27. The number of nitrogens with one attached hydrogen (secondary N) is 2. The van der Waals surface area contributed by atoms with Gasteiger partial charge in [0.15, 0.2) is 5.96 Å². The highest BCUT2D eigenvalue weighted by Crippen LogP contribution is 2.23. The first-order valence-electron chi connectivity index (χ1n) is 9.69. The van der Waals surface area contributed by atoms with Crippen LogP contribution in [0.3, 0.4) is 0 Å². The van der Waals surface area contributed by atoms with Crippen LogP contribution >= 0.6 is 35.3 Å². The monoisotopic (exact) mass is 502 g/mol. The summed E-state index contributed by atoms with van der Waals surface area (Å²) in [5, 5.41) is 10.3. The van der Waals surface area contributed by atoms with Crippen molar-refractivity contribution in [2.75, 3.05) is 13.1 Å². The van der Waals surface area contributed by atoms with E-state index in [1.165, 1.54) is 25.7 Å². The van der Waals surface area contributed by atoms with E-state index in [1.54, 1.807) is 17.6 Å². The van der Waals surface area contributed by atoms with Crippen molar-refractivity contribution in [3.63, 3.8) is 0 Å². The number of hydrogen-bond acceptors (Lipinski definition) is 4. The summed E-state index contributed by atoms with van der Waals surface area (Å²) in [6.07, 6.45) is 9.62. The highest BCUT2D eigenvalue weighted by atomic mass is 127. The third-order valence-electron chi connectivity index (χ3n) is 5.07. The maximum absolute atomic E-state index is 5.42. The first-order chi connectivity index (χ1) is 12.7. The molecule has 5 nitrogen and oxygen atoms in total. The summed E-state index contributed by atoms with van der Waals surface area (Å²) < 4.78 is 5.42. The molecule has 7 heteroatoms. The fourth-order valence-corrected chi connectivity index (χ4v) is 4.09. The Morgan fingerprint density at radius 1 is 1.41 bits per heavy atom. The Labute approximate surface area is 183 Å². The van der Waals surface area contributed by atoms with Gasteiger partial charge in [-0.3, -0.25) is 4.99 Å². The summed E-state index contributed by atoms with van der Waals surface area (Å²) in [5.74, 6) is 2.94. The van der Waals surface area contributed by atoms with Gasteiger partial charge in [0, 0.05) is 36.5 Å². The number of aliphatic imine (C=N–C) groups is 1. The number of hydrogen-bond donors (Lipinski definition) is 2. The van der Waals surface area contributed by atoms with E-state index in [4.69, 9.17) is 9.41 Å². The Bertz CT molecular complexity index is 660. The minimum absolute atomic E-state index is 0. The zero-order valence-corrected chi connectivity index (χ0v) is 19.3. The molecule has 3 rings (SSSR count). The molecule has 2 heterocycles. The van der Waals surface area contributed by atoms with Gasteiger partial charge in [-0.2, -0.15) is 0 Å². The zero-order chi connectivity index (χ0) is 18.2. The van der Waals surface area contributed by atoms with Crippen molar-refractivity contribution >= 4 is 41.3 Å². The zero-order valence-electron chi connectivity index (χ0n) is 16.2. The molecule has 1 aliphatic rings. The van der Waals surface area contributed by atoms with Crippen LogP contribution in [0.4, 0.5) is 0 Å². The molecular formula is C20H31IN4OS. The first kappa shape index (κ1) is 22.2. The van der Waals surface area contributed by atoms with E-state index in [0.29, 0.717) is 17.9 Å². The topological polar surface area (TPSA) is 62.5 Å². The second-order valence-electron chi connectivity index (χ2n) is 7.23. The van der Waals surface area contributed by atoms with E-state index in [1.807, 2.05) is 23.7 Å². The predicted octanol–water partition coefficient (Wildman–Crippen LogP) is 4.81. The van der Waals surface area contributed by atoms with Crippen LogP contribution in [0.5, 0.6) is 0 Å². The molecule has 0 radical (unpaired) electrons. The summed E-state index contributed by atoms with van der Waals surface area (Å²) >= 11 is 1.70. The molecule has 1 fully saturated rings. The summed E-state index contributed by atoms with van der Waals surface area (Å²) in [6.45, 7) is 6.08. The number of rotatable bonds is 7. The molecule has 0 aromatic carbocycles. The number of furan rings is 1. The Hall–Kier alpha value is -1.09. The number of nitrogens with zero attached hydrogens (tertiary/aromatic N) is 2. The Balaban J connectivity index is 0.00000261. The van der Waals surface area contributed by atoms with Crippen molar-refractivity contribution in [3.8, 4) is 0 Å². The fourth-order valence-electron chi connectivity index (χ4n) is 3.40. The van der Waals surface area contributed by atoms with Gasteiger partial charge < -0.3 is 15.1 Å². The van der Waals surface area contributed by atoms with Crippen molar-refractivity contribution < 1.29 is 4.42 Å². The quantitative estimate of drug-likeness (QED) is 0.324. The standard InChI is InChI=1S/C20H30N4OS.HI/c1-15-6-3-4-8-18(15)24-20(22-10-9-17-7-5-12-25-17)23-14-16(2)19-21-11-13-26-19;/h5,7,11-13,15-16,18H,3-4,6,8-10,14H2,1-2H3,(H2,22,23,24);1H. The molecule has 0 aliphatic heterocycles. The fraction of sp³-hybridized carbons (Fsp3) is 0.600. The van der Waals surface area contributed by atoms with Gasteiger partial charge in [-0.25, -0.2) is 4.98 Å². The predicted molar refractivity (Wildman–Crippen MR) is 123 cm³/mol. The van der Waals surface area contributed by atoms with Gasteiger partial charge in [-0.05, 0) is 30.9 Å².